The van der Waals surface area contributed by atoms with Gasteiger partial charge in [-0.05, 0) is 30.5 Å². The summed E-state index contributed by atoms with van der Waals surface area (Å²) in [5.41, 5.74) is 7.34. The summed E-state index contributed by atoms with van der Waals surface area (Å²) in [6.45, 7) is 1.60. The maximum atomic E-state index is 13.0. The molecule has 5 heteroatoms. The summed E-state index contributed by atoms with van der Waals surface area (Å²) >= 11 is 0. The van der Waals surface area contributed by atoms with E-state index in [0.29, 0.717) is 24.5 Å². The second-order valence-electron chi connectivity index (χ2n) is 5.62. The van der Waals surface area contributed by atoms with E-state index in [0.717, 1.165) is 17.5 Å². The van der Waals surface area contributed by atoms with Crippen LogP contribution in [0.25, 0.3) is 11.1 Å². The number of sulfonamides is 1. The molecule has 1 saturated heterocycles. The van der Waals surface area contributed by atoms with Crippen molar-refractivity contribution in [2.24, 2.45) is 11.7 Å². The Hall–Kier alpha value is -1.69. The van der Waals surface area contributed by atoms with Crippen molar-refractivity contribution in [3.05, 3.63) is 54.6 Å². The Bertz CT molecular complexity index is 744. The molecule has 22 heavy (non-hydrogen) atoms. The molecule has 4 nitrogen and oxygen atoms in total. The molecule has 0 aliphatic carbocycles. The fourth-order valence-electron chi connectivity index (χ4n) is 2.89. The lowest BCUT2D eigenvalue weighted by molar-refractivity contribution is 0.459. The average molecular weight is 316 g/mol. The van der Waals surface area contributed by atoms with Gasteiger partial charge in [0.25, 0.3) is 0 Å². The number of hydrogen-bond acceptors (Lipinski definition) is 3. The minimum absolute atomic E-state index is 0.263. The fourth-order valence-corrected chi connectivity index (χ4v) is 4.64. The molecule has 2 aromatic rings. The van der Waals surface area contributed by atoms with Gasteiger partial charge in [0, 0.05) is 18.7 Å². The van der Waals surface area contributed by atoms with Gasteiger partial charge in [-0.25, -0.2) is 8.42 Å². The van der Waals surface area contributed by atoms with Crippen molar-refractivity contribution in [3.63, 3.8) is 0 Å². The van der Waals surface area contributed by atoms with Crippen LogP contribution in [0.15, 0.2) is 59.5 Å². The lowest BCUT2D eigenvalue weighted by Crippen LogP contribution is -2.30. The Kier molecular flexibility index (Phi) is 4.29. The van der Waals surface area contributed by atoms with Crippen LogP contribution in [0.2, 0.25) is 0 Å². The third-order valence-electron chi connectivity index (χ3n) is 4.17. The molecule has 1 heterocycles. The lowest BCUT2D eigenvalue weighted by atomic mass is 10.1. The molecule has 3 rings (SSSR count). The summed E-state index contributed by atoms with van der Waals surface area (Å²) in [6.07, 6.45) is 0.837. The highest BCUT2D eigenvalue weighted by Gasteiger charge is 2.33. The highest BCUT2D eigenvalue weighted by molar-refractivity contribution is 7.89. The molecular weight excluding hydrogens is 296 g/mol. The fraction of sp³-hybridized carbons (Fsp3) is 0.294. The second kappa shape index (κ2) is 6.20. The smallest absolute Gasteiger partial charge is 0.243 e. The molecule has 0 spiro atoms. The maximum absolute atomic E-state index is 13.0. The van der Waals surface area contributed by atoms with Crippen molar-refractivity contribution in [2.45, 2.75) is 11.3 Å². The first-order valence-corrected chi connectivity index (χ1v) is 8.91. The van der Waals surface area contributed by atoms with E-state index in [9.17, 15) is 8.42 Å². The predicted octanol–water partition coefficient (Wildman–Crippen LogP) is 2.32. The molecule has 0 aromatic heterocycles. The molecule has 116 valence electrons. The molecule has 0 bridgehead atoms. The Labute approximate surface area is 131 Å². The van der Waals surface area contributed by atoms with Crippen LogP contribution in [-0.2, 0) is 10.0 Å². The molecule has 1 atom stereocenters. The van der Waals surface area contributed by atoms with Crippen LogP contribution < -0.4 is 5.73 Å². The Morgan fingerprint density at radius 3 is 2.41 bits per heavy atom. The number of hydrogen-bond donors (Lipinski definition) is 1. The summed E-state index contributed by atoms with van der Waals surface area (Å²) in [5, 5.41) is 0. The van der Waals surface area contributed by atoms with Gasteiger partial charge in [-0.3, -0.25) is 0 Å². The molecule has 1 fully saturated rings. The van der Waals surface area contributed by atoms with Crippen LogP contribution in [0.3, 0.4) is 0 Å². The topological polar surface area (TPSA) is 63.4 Å². The number of benzene rings is 2. The maximum Gasteiger partial charge on any atom is 0.243 e. The monoisotopic (exact) mass is 316 g/mol. The van der Waals surface area contributed by atoms with Crippen molar-refractivity contribution in [1.29, 1.82) is 0 Å². The molecule has 2 N–H and O–H groups in total. The summed E-state index contributed by atoms with van der Waals surface area (Å²) in [7, 11) is -3.48. The summed E-state index contributed by atoms with van der Waals surface area (Å²) in [6, 6.07) is 16.8. The van der Waals surface area contributed by atoms with E-state index >= 15 is 0 Å². The van der Waals surface area contributed by atoms with Crippen LogP contribution in [-0.4, -0.2) is 32.4 Å². The van der Waals surface area contributed by atoms with Crippen molar-refractivity contribution in [3.8, 4) is 11.1 Å². The molecule has 2 aromatic carbocycles. The Morgan fingerprint density at radius 2 is 1.73 bits per heavy atom. The van der Waals surface area contributed by atoms with Gasteiger partial charge in [-0.15, -0.1) is 0 Å². The van der Waals surface area contributed by atoms with Gasteiger partial charge in [0.1, 0.15) is 0 Å². The van der Waals surface area contributed by atoms with Gasteiger partial charge in [-0.1, -0.05) is 48.5 Å². The van der Waals surface area contributed by atoms with E-state index < -0.39 is 10.0 Å². The van der Waals surface area contributed by atoms with Gasteiger partial charge < -0.3 is 5.73 Å². The number of nitrogens with two attached hydrogens (primary N) is 1. The van der Waals surface area contributed by atoms with E-state index in [-0.39, 0.29) is 5.92 Å². The quantitative estimate of drug-likeness (QED) is 0.941. The van der Waals surface area contributed by atoms with Gasteiger partial charge >= 0.3 is 0 Å². The van der Waals surface area contributed by atoms with Crippen molar-refractivity contribution in [1.82, 2.24) is 4.31 Å². The standard InChI is InChI=1S/C17H20N2O2S/c18-12-14-10-11-19(13-14)22(20,21)17-9-5-4-8-16(17)15-6-2-1-3-7-15/h1-9,14H,10-13,18H2. The summed E-state index contributed by atoms with van der Waals surface area (Å²) in [4.78, 5) is 0.374. The first-order valence-electron chi connectivity index (χ1n) is 7.47. The molecular formula is C17H20N2O2S. The van der Waals surface area contributed by atoms with E-state index in [1.807, 2.05) is 42.5 Å². The first-order chi connectivity index (χ1) is 10.6. The molecule has 1 aliphatic heterocycles. The van der Waals surface area contributed by atoms with Crippen molar-refractivity contribution >= 4 is 10.0 Å². The molecule has 0 saturated carbocycles. The third-order valence-corrected chi connectivity index (χ3v) is 6.09. The summed E-state index contributed by atoms with van der Waals surface area (Å²) < 4.78 is 27.5. The second-order valence-corrected chi connectivity index (χ2v) is 7.52. The van der Waals surface area contributed by atoms with Crippen LogP contribution in [0.5, 0.6) is 0 Å². The number of rotatable bonds is 4. The van der Waals surface area contributed by atoms with E-state index in [1.165, 1.54) is 0 Å². The zero-order valence-corrected chi connectivity index (χ0v) is 13.2. The Morgan fingerprint density at radius 1 is 1.05 bits per heavy atom. The van der Waals surface area contributed by atoms with E-state index in [2.05, 4.69) is 0 Å². The Balaban J connectivity index is 2.02. The van der Waals surface area contributed by atoms with Crippen LogP contribution in [0, 0.1) is 5.92 Å². The molecule has 0 amide bonds. The molecule has 1 unspecified atom stereocenters. The first kappa shape index (κ1) is 15.2. The molecule has 0 radical (unpaired) electrons. The normalized spacial score (nSPS) is 19.4. The van der Waals surface area contributed by atoms with E-state index in [4.69, 9.17) is 5.73 Å². The van der Waals surface area contributed by atoms with Crippen LogP contribution in [0.1, 0.15) is 6.42 Å². The molecule has 1 aliphatic rings. The van der Waals surface area contributed by atoms with Crippen LogP contribution >= 0.6 is 0 Å². The zero-order valence-electron chi connectivity index (χ0n) is 12.4. The van der Waals surface area contributed by atoms with Crippen LogP contribution in [0.4, 0.5) is 0 Å². The zero-order chi connectivity index (χ0) is 15.6. The minimum Gasteiger partial charge on any atom is -0.330 e. The van der Waals surface area contributed by atoms with Gasteiger partial charge in [-0.2, -0.15) is 4.31 Å². The summed E-state index contributed by atoms with van der Waals surface area (Å²) in [5.74, 6) is 0.263. The van der Waals surface area contributed by atoms with E-state index in [1.54, 1.807) is 16.4 Å². The van der Waals surface area contributed by atoms with Gasteiger partial charge in [0.2, 0.25) is 10.0 Å². The minimum atomic E-state index is -3.48. The SMILES string of the molecule is NCC1CCN(S(=O)(=O)c2ccccc2-c2ccccc2)C1. The highest BCUT2D eigenvalue weighted by Crippen LogP contribution is 2.31. The van der Waals surface area contributed by atoms with Crippen molar-refractivity contribution in [2.75, 3.05) is 19.6 Å². The number of nitrogens with zero attached hydrogens (tertiary/aromatic N) is 1. The average Bonchev–Trinajstić information content (AvgIpc) is 3.06. The third kappa shape index (κ3) is 2.79. The van der Waals surface area contributed by atoms with Gasteiger partial charge in [0.05, 0.1) is 4.90 Å². The highest BCUT2D eigenvalue weighted by atomic mass is 32.2. The largest absolute Gasteiger partial charge is 0.330 e. The van der Waals surface area contributed by atoms with Crippen molar-refractivity contribution < 1.29 is 8.42 Å². The van der Waals surface area contributed by atoms with Gasteiger partial charge in [0.15, 0.2) is 0 Å². The lowest BCUT2D eigenvalue weighted by Gasteiger charge is -2.19. The predicted molar refractivity (Wildman–Crippen MR) is 87.8 cm³/mol.